The van der Waals surface area contributed by atoms with Crippen molar-refractivity contribution in [3.05, 3.63) is 0 Å². The number of rotatable bonds is 3. The number of halogens is 2. The molecule has 2 nitrogen and oxygen atoms in total. The van der Waals surface area contributed by atoms with E-state index in [1.165, 1.54) is 13.3 Å². The van der Waals surface area contributed by atoms with E-state index in [0.29, 0.717) is 0 Å². The van der Waals surface area contributed by atoms with Gasteiger partial charge >= 0.3 is 5.97 Å². The second-order valence-electron chi connectivity index (χ2n) is 4.00. The van der Waals surface area contributed by atoms with E-state index in [2.05, 4.69) is 0 Å². The van der Waals surface area contributed by atoms with Crippen LogP contribution in [0, 0.1) is 0 Å². The van der Waals surface area contributed by atoms with Crippen LogP contribution in [-0.4, -0.2) is 22.2 Å². The van der Waals surface area contributed by atoms with Crippen LogP contribution in [0.2, 0.25) is 0 Å². The summed E-state index contributed by atoms with van der Waals surface area (Å²) in [4.78, 5) is 11.4. The number of alkyl halides is 2. The molecule has 0 radical (unpaired) electrons. The molecule has 0 amide bonds. The van der Waals surface area contributed by atoms with Crippen LogP contribution in [0.1, 0.15) is 39.0 Å². The summed E-state index contributed by atoms with van der Waals surface area (Å²) in [5.74, 6) is -0.696. The lowest BCUT2D eigenvalue weighted by atomic mass is 9.97. The van der Waals surface area contributed by atoms with Gasteiger partial charge in [-0.15, -0.1) is 0 Å². The number of ether oxygens (including phenoxy) is 1. The third kappa shape index (κ3) is 3.37. The monoisotopic (exact) mass is 314 g/mol. The summed E-state index contributed by atoms with van der Waals surface area (Å²) < 4.78 is 18.8. The van der Waals surface area contributed by atoms with E-state index in [1.807, 2.05) is 22.6 Å². The molecule has 82 valence electrons. The Morgan fingerprint density at radius 2 is 2.07 bits per heavy atom. The quantitative estimate of drug-likeness (QED) is 0.455. The molecular weight excluding hydrogens is 298 g/mol. The summed E-state index contributed by atoms with van der Waals surface area (Å²) in [7, 11) is 0. The molecule has 0 saturated heterocycles. The van der Waals surface area contributed by atoms with Crippen LogP contribution >= 0.6 is 22.6 Å². The normalized spacial score (nSPS) is 22.8. The van der Waals surface area contributed by atoms with Gasteiger partial charge in [0.2, 0.25) is 5.67 Å². The molecular formula is C10H16FIO2. The number of carbonyl (C=O) groups is 1. The standard InChI is InChI=1S/C10H16FIO2/c1-10(11,7-12)9(13)14-8-5-3-2-4-6-8/h8H,2-7H2,1H3. The van der Waals surface area contributed by atoms with Crippen molar-refractivity contribution in [2.75, 3.05) is 4.43 Å². The lowest BCUT2D eigenvalue weighted by Gasteiger charge is -2.25. The van der Waals surface area contributed by atoms with Crippen molar-refractivity contribution in [2.45, 2.75) is 50.8 Å². The Morgan fingerprint density at radius 3 is 2.57 bits per heavy atom. The molecule has 4 heteroatoms. The van der Waals surface area contributed by atoms with Gasteiger partial charge in [-0.25, -0.2) is 9.18 Å². The average molecular weight is 314 g/mol. The number of hydrogen-bond donors (Lipinski definition) is 0. The molecule has 0 aromatic carbocycles. The fourth-order valence-electron chi connectivity index (χ4n) is 1.51. The van der Waals surface area contributed by atoms with Gasteiger partial charge < -0.3 is 4.74 Å². The predicted molar refractivity (Wildman–Crippen MR) is 61.4 cm³/mol. The molecule has 0 aromatic rings. The van der Waals surface area contributed by atoms with E-state index in [1.54, 1.807) is 0 Å². The van der Waals surface area contributed by atoms with Crippen molar-refractivity contribution < 1.29 is 13.9 Å². The highest BCUT2D eigenvalue weighted by molar-refractivity contribution is 14.1. The Morgan fingerprint density at radius 1 is 1.50 bits per heavy atom. The molecule has 0 bridgehead atoms. The first-order valence-electron chi connectivity index (χ1n) is 5.02. The maximum atomic E-state index is 13.5. The minimum atomic E-state index is -1.82. The summed E-state index contributed by atoms with van der Waals surface area (Å²) in [5.41, 5.74) is -1.82. The summed E-state index contributed by atoms with van der Waals surface area (Å²) in [6.07, 6.45) is 5.12. The highest BCUT2D eigenvalue weighted by atomic mass is 127. The molecule has 0 spiro atoms. The van der Waals surface area contributed by atoms with Gasteiger partial charge in [-0.2, -0.15) is 0 Å². The van der Waals surface area contributed by atoms with E-state index in [-0.39, 0.29) is 10.5 Å². The summed E-state index contributed by atoms with van der Waals surface area (Å²) in [6.45, 7) is 1.28. The molecule has 1 rings (SSSR count). The predicted octanol–water partition coefficient (Wildman–Crippen LogP) is 3.03. The van der Waals surface area contributed by atoms with Gasteiger partial charge in [0.25, 0.3) is 0 Å². The largest absolute Gasteiger partial charge is 0.460 e. The maximum absolute atomic E-state index is 13.5. The Labute approximate surface area is 97.7 Å². The van der Waals surface area contributed by atoms with Crippen LogP contribution in [0.4, 0.5) is 4.39 Å². The average Bonchev–Trinajstić information content (AvgIpc) is 2.19. The van der Waals surface area contributed by atoms with Crippen molar-refractivity contribution in [3.63, 3.8) is 0 Å². The first-order valence-corrected chi connectivity index (χ1v) is 6.55. The minimum Gasteiger partial charge on any atom is -0.460 e. The van der Waals surface area contributed by atoms with Gasteiger partial charge in [0.15, 0.2) is 0 Å². The maximum Gasteiger partial charge on any atom is 0.344 e. The molecule has 1 aliphatic rings. The fraction of sp³-hybridized carbons (Fsp3) is 0.900. The Bertz CT molecular complexity index is 200. The van der Waals surface area contributed by atoms with Crippen molar-refractivity contribution >= 4 is 28.6 Å². The van der Waals surface area contributed by atoms with Gasteiger partial charge in [-0.3, -0.25) is 0 Å². The molecule has 1 fully saturated rings. The lowest BCUT2D eigenvalue weighted by molar-refractivity contribution is -0.162. The SMILES string of the molecule is CC(F)(CI)C(=O)OC1CCCCC1. The van der Waals surface area contributed by atoms with Crippen LogP contribution in [0.3, 0.4) is 0 Å². The lowest BCUT2D eigenvalue weighted by Crippen LogP contribution is -2.37. The zero-order valence-corrected chi connectivity index (χ0v) is 10.5. The molecule has 14 heavy (non-hydrogen) atoms. The number of hydrogen-bond acceptors (Lipinski definition) is 2. The molecule has 1 unspecified atom stereocenters. The fourth-order valence-corrected chi connectivity index (χ4v) is 1.82. The van der Waals surface area contributed by atoms with E-state index >= 15 is 0 Å². The van der Waals surface area contributed by atoms with Gasteiger partial charge in [0, 0.05) is 4.43 Å². The second-order valence-corrected chi connectivity index (χ2v) is 4.76. The second kappa shape index (κ2) is 5.28. The van der Waals surface area contributed by atoms with Crippen molar-refractivity contribution in [3.8, 4) is 0 Å². The third-order valence-corrected chi connectivity index (χ3v) is 3.93. The smallest absolute Gasteiger partial charge is 0.344 e. The molecule has 0 aliphatic heterocycles. The van der Waals surface area contributed by atoms with Crippen LogP contribution in [0.25, 0.3) is 0 Å². The van der Waals surface area contributed by atoms with Gasteiger partial charge in [0.1, 0.15) is 6.10 Å². The molecule has 0 heterocycles. The number of carbonyl (C=O) groups excluding carboxylic acids is 1. The van der Waals surface area contributed by atoms with Crippen molar-refractivity contribution in [2.24, 2.45) is 0 Å². The Balaban J connectivity index is 2.39. The van der Waals surface area contributed by atoms with Crippen molar-refractivity contribution in [1.29, 1.82) is 0 Å². The summed E-state index contributed by atoms with van der Waals surface area (Å²) in [6, 6.07) is 0. The topological polar surface area (TPSA) is 26.3 Å². The molecule has 1 aliphatic carbocycles. The Kier molecular flexibility index (Phi) is 4.60. The number of esters is 1. The van der Waals surface area contributed by atoms with Gasteiger partial charge in [-0.1, -0.05) is 29.0 Å². The zero-order valence-electron chi connectivity index (χ0n) is 8.39. The summed E-state index contributed by atoms with van der Waals surface area (Å²) >= 11 is 1.86. The van der Waals surface area contributed by atoms with Gasteiger partial charge in [0.05, 0.1) is 0 Å². The molecule has 0 aromatic heterocycles. The first kappa shape index (κ1) is 12.2. The highest BCUT2D eigenvalue weighted by Crippen LogP contribution is 2.23. The Hall–Kier alpha value is 0.130. The van der Waals surface area contributed by atoms with Crippen LogP contribution in [-0.2, 0) is 9.53 Å². The van der Waals surface area contributed by atoms with E-state index in [9.17, 15) is 9.18 Å². The van der Waals surface area contributed by atoms with Gasteiger partial charge in [-0.05, 0) is 32.6 Å². The molecule has 1 saturated carbocycles. The summed E-state index contributed by atoms with van der Waals surface area (Å²) in [5, 5.41) is 0. The third-order valence-electron chi connectivity index (χ3n) is 2.50. The van der Waals surface area contributed by atoms with Crippen LogP contribution < -0.4 is 0 Å². The van der Waals surface area contributed by atoms with Crippen LogP contribution in [0.5, 0.6) is 0 Å². The minimum absolute atomic E-state index is 0.0470. The molecule has 0 N–H and O–H groups in total. The van der Waals surface area contributed by atoms with E-state index < -0.39 is 11.6 Å². The molecule has 1 atom stereocenters. The highest BCUT2D eigenvalue weighted by Gasteiger charge is 2.35. The van der Waals surface area contributed by atoms with E-state index in [0.717, 1.165) is 25.7 Å². The van der Waals surface area contributed by atoms with Crippen LogP contribution in [0.15, 0.2) is 0 Å². The van der Waals surface area contributed by atoms with E-state index in [4.69, 9.17) is 4.74 Å². The zero-order chi connectivity index (χ0) is 10.6. The van der Waals surface area contributed by atoms with Crippen molar-refractivity contribution in [1.82, 2.24) is 0 Å². The first-order chi connectivity index (χ1) is 6.56.